The van der Waals surface area contributed by atoms with Crippen molar-refractivity contribution in [3.63, 3.8) is 0 Å². The molecule has 52 heavy (non-hydrogen) atoms. The van der Waals surface area contributed by atoms with E-state index in [0.29, 0.717) is 11.6 Å². The average Bonchev–Trinajstić information content (AvgIpc) is 3.47. The zero-order chi connectivity index (χ0) is 38.9. The van der Waals surface area contributed by atoms with E-state index in [1.807, 2.05) is 0 Å². The van der Waals surface area contributed by atoms with E-state index in [1.54, 1.807) is 18.2 Å². The fourth-order valence-corrected chi connectivity index (χ4v) is 5.17. The summed E-state index contributed by atoms with van der Waals surface area (Å²) in [6, 6.07) is 8.20. The maximum atomic E-state index is 15.2. The van der Waals surface area contributed by atoms with Crippen molar-refractivity contribution in [2.24, 2.45) is 0 Å². The predicted octanol–water partition coefficient (Wildman–Crippen LogP) is 8.50. The molecule has 1 N–H and O–H groups in total. The molecule has 3 atom stereocenters. The van der Waals surface area contributed by atoms with Gasteiger partial charge in [-0.3, -0.25) is 0 Å². The summed E-state index contributed by atoms with van der Waals surface area (Å²) in [5, 5.41) is 18.0. The van der Waals surface area contributed by atoms with Gasteiger partial charge in [0.1, 0.15) is 22.9 Å². The van der Waals surface area contributed by atoms with Crippen molar-refractivity contribution < 1.29 is 64.4 Å². The Morgan fingerprint density at radius 1 is 0.962 bits per heavy atom. The first-order chi connectivity index (χ1) is 23.9. The summed E-state index contributed by atoms with van der Waals surface area (Å²) in [5.74, 6) is -3.19. The van der Waals surface area contributed by atoms with Crippen molar-refractivity contribution in [1.82, 2.24) is 15.2 Å². The number of imide groups is 1. The Morgan fingerprint density at radius 3 is 2.10 bits per heavy atom. The van der Waals surface area contributed by atoms with Gasteiger partial charge >= 0.3 is 24.5 Å². The van der Waals surface area contributed by atoms with E-state index < -0.39 is 101 Å². The number of hydrogen-bond donors (Lipinski definition) is 1. The molecule has 3 aromatic rings. The number of anilines is 1. The molecule has 3 heterocycles. The summed E-state index contributed by atoms with van der Waals surface area (Å²) in [7, 11) is 0. The van der Waals surface area contributed by atoms with Crippen LogP contribution >= 0.6 is 0 Å². The normalized spacial score (nSPS) is 20.3. The molecule has 12 nitrogen and oxygen atoms in total. The van der Waals surface area contributed by atoms with E-state index in [2.05, 4.69) is 15.2 Å². The molecule has 286 valence electrons. The van der Waals surface area contributed by atoms with Gasteiger partial charge in [0, 0.05) is 6.42 Å². The number of nitrogens with zero attached hydrogens (tertiary/aromatic N) is 4. The minimum absolute atomic E-state index is 0.0982. The number of ether oxygens (including phenoxy) is 4. The second kappa shape index (κ2) is 14.9. The summed E-state index contributed by atoms with van der Waals surface area (Å²) in [5.41, 5.74) is -8.96. The van der Waals surface area contributed by atoms with Crippen LogP contribution in [0.3, 0.4) is 0 Å². The predicted molar refractivity (Wildman–Crippen MR) is 171 cm³/mol. The third-order valence-electron chi connectivity index (χ3n) is 7.41. The van der Waals surface area contributed by atoms with Crippen LogP contribution in [0.5, 0.6) is 5.88 Å². The topological polar surface area (TPSA) is 146 Å². The van der Waals surface area contributed by atoms with Crippen LogP contribution in [0.2, 0.25) is 0 Å². The molecule has 2 amide bonds. The van der Waals surface area contributed by atoms with Crippen LogP contribution in [0, 0.1) is 0 Å². The minimum Gasteiger partial charge on any atom is -0.474 e. The van der Waals surface area contributed by atoms with Crippen LogP contribution in [0.15, 0.2) is 40.8 Å². The molecular weight excluding hydrogens is 706 g/mol. The number of halogens is 6. The molecule has 4 rings (SSSR count). The number of aliphatic hydroxyl groups is 1. The number of carbonyl (C=O) groups excluding carboxylic acids is 2. The first-order valence-electron chi connectivity index (χ1n) is 16.2. The third-order valence-corrected chi connectivity index (χ3v) is 7.41. The molecule has 1 unspecified atom stereocenters. The van der Waals surface area contributed by atoms with E-state index in [9.17, 15) is 27.9 Å². The number of rotatable bonds is 4. The summed E-state index contributed by atoms with van der Waals surface area (Å²) in [6.45, 7) is 9.28. The first kappa shape index (κ1) is 40.3. The van der Waals surface area contributed by atoms with E-state index in [1.165, 1.54) is 60.6 Å². The quantitative estimate of drug-likeness (QED) is 0.256. The van der Waals surface area contributed by atoms with Gasteiger partial charge < -0.3 is 28.5 Å². The van der Waals surface area contributed by atoms with Gasteiger partial charge in [0.15, 0.2) is 5.69 Å². The molecule has 18 heteroatoms. The number of hydrogen-bond acceptors (Lipinski definition) is 11. The van der Waals surface area contributed by atoms with E-state index in [4.69, 9.17) is 23.4 Å². The molecule has 0 spiro atoms. The second-order valence-corrected chi connectivity index (χ2v) is 14.2. The molecule has 0 fully saturated rings. The molecular formula is C34H40F6N4O8. The van der Waals surface area contributed by atoms with Crippen LogP contribution in [0.25, 0.3) is 11.6 Å². The Hall–Kier alpha value is -4.45. The Kier molecular flexibility index (Phi) is 11.5. The highest BCUT2D eigenvalue weighted by molar-refractivity contribution is 6.11. The van der Waals surface area contributed by atoms with Crippen LogP contribution in [0.1, 0.15) is 91.2 Å². The molecule has 1 aromatic carbocycles. The number of amides is 2. The third kappa shape index (κ3) is 9.70. The Bertz CT molecular complexity index is 1690. The van der Waals surface area contributed by atoms with Crippen LogP contribution in [0.4, 0.5) is 41.6 Å². The lowest BCUT2D eigenvalue weighted by atomic mass is 9.93. The van der Waals surface area contributed by atoms with Gasteiger partial charge in [-0.15, -0.1) is 10.2 Å². The SMILES string of the molecule is C[C@@H]1CC(O)CCC[C@](OCc2ccccc2)(C(F)(F)F)c2nnc(o2)-c2nc(c(C(F)(F)F)cc2N(C(=O)OC(C)(C)C)C(=O)OC(C)(C)C)O1. The molecule has 1 aliphatic heterocycles. The zero-order valence-corrected chi connectivity index (χ0v) is 29.5. The van der Waals surface area contributed by atoms with Crippen molar-refractivity contribution in [1.29, 1.82) is 0 Å². The van der Waals surface area contributed by atoms with Crippen molar-refractivity contribution in [2.45, 2.75) is 122 Å². The zero-order valence-electron chi connectivity index (χ0n) is 29.5. The lowest BCUT2D eigenvalue weighted by Crippen LogP contribution is -2.45. The number of carbonyl (C=O) groups is 2. The van der Waals surface area contributed by atoms with Gasteiger partial charge in [-0.25, -0.2) is 14.6 Å². The number of aliphatic hydroxyl groups excluding tert-OH is 1. The second-order valence-electron chi connectivity index (χ2n) is 14.2. The molecule has 1 aliphatic rings. The Morgan fingerprint density at radius 2 is 1.56 bits per heavy atom. The van der Waals surface area contributed by atoms with Crippen LogP contribution < -0.4 is 9.64 Å². The Labute approximate surface area is 295 Å². The maximum absolute atomic E-state index is 15.2. The van der Waals surface area contributed by atoms with Gasteiger partial charge in [-0.05, 0) is 79.4 Å². The van der Waals surface area contributed by atoms with Crippen LogP contribution in [-0.2, 0) is 32.6 Å². The lowest BCUT2D eigenvalue weighted by molar-refractivity contribution is -0.300. The van der Waals surface area contributed by atoms with Crippen molar-refractivity contribution in [3.8, 4) is 17.5 Å². The smallest absolute Gasteiger partial charge is 0.426 e. The largest absolute Gasteiger partial charge is 0.474 e. The van der Waals surface area contributed by atoms with Crippen LogP contribution in [-0.4, -0.2) is 62.1 Å². The van der Waals surface area contributed by atoms with Gasteiger partial charge in [-0.2, -0.15) is 31.2 Å². The standard InChI is InChI=1S/C34H40F6N4O8/c1-19-16-21(45)14-11-15-32(34(38,39)40,48-18-20-12-9-8-10-13-20)27-43-42-26(50-27)24-23(17-22(33(35,36)37)25(41-24)49-19)44(28(46)51-30(2,3)4)29(47)52-31(5,6)7/h8-10,12-13,17,19,21,45H,11,14-16,18H2,1-7H3/t19-,21?,32-/m1/s1. The average molecular weight is 747 g/mol. The number of alkyl halides is 6. The molecule has 0 radical (unpaired) electrons. The fourth-order valence-electron chi connectivity index (χ4n) is 5.17. The summed E-state index contributed by atoms with van der Waals surface area (Å²) < 4.78 is 117. The lowest BCUT2D eigenvalue weighted by Gasteiger charge is -2.33. The highest BCUT2D eigenvalue weighted by atomic mass is 19.4. The van der Waals surface area contributed by atoms with Gasteiger partial charge in [0.05, 0.1) is 18.4 Å². The first-order valence-corrected chi connectivity index (χ1v) is 16.2. The monoisotopic (exact) mass is 746 g/mol. The highest BCUT2D eigenvalue weighted by Gasteiger charge is 2.61. The number of benzene rings is 1. The van der Waals surface area contributed by atoms with Crippen molar-refractivity contribution in [2.75, 3.05) is 4.90 Å². The van der Waals surface area contributed by atoms with Crippen molar-refractivity contribution in [3.05, 3.63) is 53.4 Å². The van der Waals surface area contributed by atoms with E-state index in [-0.39, 0.29) is 24.2 Å². The van der Waals surface area contributed by atoms with Gasteiger partial charge in [0.2, 0.25) is 11.5 Å². The number of pyridine rings is 1. The number of aromatic nitrogens is 3. The molecule has 4 bridgehead atoms. The fraction of sp³-hybridized carbons (Fsp3) is 0.559. The van der Waals surface area contributed by atoms with Gasteiger partial charge in [0.25, 0.3) is 11.8 Å². The molecule has 0 aliphatic carbocycles. The number of fused-ring (bicyclic) bond motifs is 5. The maximum Gasteiger partial charge on any atom is 0.426 e. The molecule has 0 saturated heterocycles. The van der Waals surface area contributed by atoms with Gasteiger partial charge in [-0.1, -0.05) is 30.3 Å². The summed E-state index contributed by atoms with van der Waals surface area (Å²) >= 11 is 0. The van der Waals surface area contributed by atoms with E-state index >= 15 is 13.2 Å². The summed E-state index contributed by atoms with van der Waals surface area (Å²) in [4.78, 5) is 31.2. The molecule has 0 saturated carbocycles. The molecule has 2 aromatic heterocycles. The van der Waals surface area contributed by atoms with E-state index in [0.717, 1.165) is 0 Å². The highest BCUT2D eigenvalue weighted by Crippen LogP contribution is 2.48. The minimum atomic E-state index is -5.23. The van der Waals surface area contributed by atoms with Crippen molar-refractivity contribution >= 4 is 17.9 Å². The Balaban J connectivity index is 2.05. The summed E-state index contributed by atoms with van der Waals surface area (Å²) in [6.07, 6.45) is -17.6.